The van der Waals surface area contributed by atoms with Gasteiger partial charge in [-0.15, -0.1) is 0 Å². The van der Waals surface area contributed by atoms with Gasteiger partial charge in [0.15, 0.2) is 0 Å². The van der Waals surface area contributed by atoms with Crippen molar-refractivity contribution in [1.29, 1.82) is 5.41 Å². The molecular formula is C13H17N3. The molecule has 0 radical (unpaired) electrons. The first-order valence-corrected chi connectivity index (χ1v) is 5.54. The van der Waals surface area contributed by atoms with Crippen LogP contribution >= 0.6 is 0 Å². The number of pyridine rings is 1. The molecule has 2 rings (SSSR count). The van der Waals surface area contributed by atoms with Crippen LogP contribution in [0.1, 0.15) is 19.4 Å². The molecule has 0 amide bonds. The summed E-state index contributed by atoms with van der Waals surface area (Å²) in [6.45, 7) is 4.25. The Kier molecular flexibility index (Phi) is 2.77. The number of rotatable bonds is 1. The van der Waals surface area contributed by atoms with E-state index in [1.54, 1.807) is 6.20 Å². The van der Waals surface area contributed by atoms with E-state index in [4.69, 9.17) is 5.41 Å². The molecule has 0 saturated carbocycles. The van der Waals surface area contributed by atoms with E-state index in [1.165, 1.54) is 0 Å². The first kappa shape index (κ1) is 10.9. The minimum absolute atomic E-state index is 0.283. The molecule has 3 nitrogen and oxygen atoms in total. The van der Waals surface area contributed by atoms with Gasteiger partial charge >= 0.3 is 0 Å². The van der Waals surface area contributed by atoms with Crippen molar-refractivity contribution < 1.29 is 0 Å². The fraction of sp³-hybridized carbons (Fsp3) is 0.385. The van der Waals surface area contributed by atoms with Gasteiger partial charge in [-0.25, -0.2) is 0 Å². The molecule has 1 N–H and O–H groups in total. The van der Waals surface area contributed by atoms with Crippen molar-refractivity contribution in [2.24, 2.45) is 5.92 Å². The van der Waals surface area contributed by atoms with Crippen LogP contribution < -0.4 is 0 Å². The molecule has 2 unspecified atom stereocenters. The third-order valence-electron chi connectivity index (χ3n) is 3.45. The molecule has 1 aromatic rings. The Morgan fingerprint density at radius 3 is 2.75 bits per heavy atom. The van der Waals surface area contributed by atoms with Crippen molar-refractivity contribution in [3.8, 4) is 0 Å². The first-order chi connectivity index (χ1) is 7.61. The zero-order valence-corrected chi connectivity index (χ0v) is 9.94. The smallest absolute Gasteiger partial charge is 0.0473 e. The Balaban J connectivity index is 2.42. The molecular weight excluding hydrogens is 198 g/mol. The average molecular weight is 215 g/mol. The maximum atomic E-state index is 7.97. The number of nitrogens with zero attached hydrogens (tertiary/aromatic N) is 2. The van der Waals surface area contributed by atoms with Gasteiger partial charge in [-0.2, -0.15) is 0 Å². The molecule has 0 bridgehead atoms. The van der Waals surface area contributed by atoms with Crippen LogP contribution in [0.25, 0.3) is 5.70 Å². The summed E-state index contributed by atoms with van der Waals surface area (Å²) >= 11 is 0. The zero-order chi connectivity index (χ0) is 11.7. The number of hydrogen-bond acceptors (Lipinski definition) is 3. The maximum absolute atomic E-state index is 7.97. The molecule has 1 aliphatic heterocycles. The highest BCUT2D eigenvalue weighted by Gasteiger charge is 2.27. The topological polar surface area (TPSA) is 40.0 Å². The van der Waals surface area contributed by atoms with Gasteiger partial charge in [-0.1, -0.05) is 6.92 Å². The SMILES string of the molecule is CC1C(=N)C=C(c2cccnc2)N(C)C1C. The summed E-state index contributed by atoms with van der Waals surface area (Å²) in [5.41, 5.74) is 2.86. The van der Waals surface area contributed by atoms with Crippen molar-refractivity contribution in [3.63, 3.8) is 0 Å². The van der Waals surface area contributed by atoms with Crippen LogP contribution in [0.5, 0.6) is 0 Å². The van der Waals surface area contributed by atoms with Crippen LogP contribution in [0.4, 0.5) is 0 Å². The average Bonchev–Trinajstić information content (AvgIpc) is 2.32. The molecule has 1 aliphatic rings. The van der Waals surface area contributed by atoms with E-state index >= 15 is 0 Å². The van der Waals surface area contributed by atoms with Crippen molar-refractivity contribution in [2.75, 3.05) is 7.05 Å². The minimum atomic E-state index is 0.283. The summed E-state index contributed by atoms with van der Waals surface area (Å²) in [7, 11) is 2.08. The molecule has 2 atom stereocenters. The summed E-state index contributed by atoms with van der Waals surface area (Å²) < 4.78 is 0. The lowest BCUT2D eigenvalue weighted by atomic mass is 9.90. The standard InChI is InChI=1S/C13H17N3/c1-9-10(2)16(3)13(7-12(9)14)11-5-4-6-15-8-11/h4-10,14H,1-3H3. The molecule has 1 aromatic heterocycles. The Bertz CT molecular complexity index is 422. The molecule has 0 spiro atoms. The van der Waals surface area contributed by atoms with Gasteiger partial charge in [-0.3, -0.25) is 4.98 Å². The molecule has 0 saturated heterocycles. The van der Waals surface area contributed by atoms with E-state index in [2.05, 4.69) is 30.8 Å². The van der Waals surface area contributed by atoms with E-state index < -0.39 is 0 Å². The Morgan fingerprint density at radius 1 is 1.38 bits per heavy atom. The summed E-state index contributed by atoms with van der Waals surface area (Å²) in [4.78, 5) is 6.35. The number of nitrogens with one attached hydrogen (secondary N) is 1. The summed E-state index contributed by atoms with van der Waals surface area (Å²) in [5, 5.41) is 7.97. The minimum Gasteiger partial charge on any atom is -0.371 e. The van der Waals surface area contributed by atoms with E-state index in [9.17, 15) is 0 Å². The Morgan fingerprint density at radius 2 is 2.12 bits per heavy atom. The highest BCUT2D eigenvalue weighted by molar-refractivity contribution is 6.01. The third-order valence-corrected chi connectivity index (χ3v) is 3.45. The van der Waals surface area contributed by atoms with E-state index in [0.29, 0.717) is 11.8 Å². The second-order valence-corrected chi connectivity index (χ2v) is 4.37. The molecule has 3 heteroatoms. The van der Waals surface area contributed by atoms with E-state index in [1.807, 2.05) is 24.4 Å². The molecule has 16 heavy (non-hydrogen) atoms. The van der Waals surface area contributed by atoms with Crippen molar-refractivity contribution in [1.82, 2.24) is 9.88 Å². The van der Waals surface area contributed by atoms with Gasteiger partial charge in [0.25, 0.3) is 0 Å². The van der Waals surface area contributed by atoms with Crippen LogP contribution in [0.15, 0.2) is 30.6 Å². The van der Waals surface area contributed by atoms with Crippen molar-refractivity contribution in [3.05, 3.63) is 36.2 Å². The lowest BCUT2D eigenvalue weighted by Gasteiger charge is -2.37. The number of aromatic nitrogens is 1. The summed E-state index contributed by atoms with van der Waals surface area (Å²) in [6.07, 6.45) is 5.56. The number of allylic oxidation sites excluding steroid dienone is 1. The largest absolute Gasteiger partial charge is 0.371 e. The van der Waals surface area contributed by atoms with Crippen LogP contribution in [0, 0.1) is 11.3 Å². The predicted molar refractivity (Wildman–Crippen MR) is 66.3 cm³/mol. The second kappa shape index (κ2) is 4.08. The first-order valence-electron chi connectivity index (χ1n) is 5.54. The van der Waals surface area contributed by atoms with Gasteiger partial charge in [0, 0.05) is 48.4 Å². The lowest BCUT2D eigenvalue weighted by molar-refractivity contribution is 0.319. The quantitative estimate of drug-likeness (QED) is 0.781. The van der Waals surface area contributed by atoms with Gasteiger partial charge in [-0.05, 0) is 25.1 Å². The molecule has 2 heterocycles. The lowest BCUT2D eigenvalue weighted by Crippen LogP contribution is -2.40. The summed E-state index contributed by atoms with van der Waals surface area (Å²) in [6, 6.07) is 4.31. The molecule has 0 aliphatic carbocycles. The molecule has 84 valence electrons. The van der Waals surface area contributed by atoms with Gasteiger partial charge < -0.3 is 10.3 Å². The van der Waals surface area contributed by atoms with E-state index in [0.717, 1.165) is 11.3 Å². The highest BCUT2D eigenvalue weighted by atomic mass is 15.1. The zero-order valence-electron chi connectivity index (χ0n) is 9.94. The fourth-order valence-corrected chi connectivity index (χ4v) is 2.00. The summed E-state index contributed by atoms with van der Waals surface area (Å²) in [5.74, 6) is 0.283. The van der Waals surface area contributed by atoms with E-state index in [-0.39, 0.29) is 5.92 Å². The van der Waals surface area contributed by atoms with Gasteiger partial charge in [0.05, 0.1) is 0 Å². The van der Waals surface area contributed by atoms with Crippen molar-refractivity contribution >= 4 is 11.4 Å². The predicted octanol–water partition coefficient (Wildman–Crippen LogP) is 2.41. The van der Waals surface area contributed by atoms with Crippen LogP contribution in [0.2, 0.25) is 0 Å². The van der Waals surface area contributed by atoms with Crippen LogP contribution in [-0.2, 0) is 0 Å². The third kappa shape index (κ3) is 1.73. The maximum Gasteiger partial charge on any atom is 0.0473 e. The fourth-order valence-electron chi connectivity index (χ4n) is 2.00. The monoisotopic (exact) mass is 215 g/mol. The van der Waals surface area contributed by atoms with Crippen LogP contribution in [0.3, 0.4) is 0 Å². The normalized spacial score (nSPS) is 25.6. The highest BCUT2D eigenvalue weighted by Crippen LogP contribution is 2.28. The van der Waals surface area contributed by atoms with Crippen LogP contribution in [-0.4, -0.2) is 28.7 Å². The van der Waals surface area contributed by atoms with Crippen molar-refractivity contribution in [2.45, 2.75) is 19.9 Å². The molecule has 0 aromatic carbocycles. The van der Waals surface area contributed by atoms with Gasteiger partial charge in [0.2, 0.25) is 0 Å². The second-order valence-electron chi connectivity index (χ2n) is 4.37. The van der Waals surface area contributed by atoms with Gasteiger partial charge in [0.1, 0.15) is 0 Å². The Hall–Kier alpha value is -1.64. The number of hydrogen-bond donors (Lipinski definition) is 1. The molecule has 0 fully saturated rings. The Labute approximate surface area is 96.3 Å².